The van der Waals surface area contributed by atoms with Crippen LogP contribution in [0, 0.1) is 6.92 Å². The molecule has 0 radical (unpaired) electrons. The minimum atomic E-state index is -3.14. The summed E-state index contributed by atoms with van der Waals surface area (Å²) in [5, 5.41) is -0.590. The molecule has 0 aromatic heterocycles. The number of unbranched alkanes of at least 4 members (excludes halogenated alkanes) is 3. The first-order valence-electron chi connectivity index (χ1n) is 20.0. The van der Waals surface area contributed by atoms with Crippen molar-refractivity contribution in [1.82, 2.24) is 0 Å². The molecule has 1 saturated heterocycles. The Labute approximate surface area is 339 Å². The fraction of sp³-hybridized carbons (Fsp3) is 0.435. The predicted molar refractivity (Wildman–Crippen MR) is 222 cm³/mol. The Morgan fingerprint density at radius 3 is 1.64 bits per heavy atom. The van der Waals surface area contributed by atoms with E-state index >= 15 is 0 Å². The molecule has 5 rings (SSSR count). The van der Waals surface area contributed by atoms with Gasteiger partial charge in [-0.25, -0.2) is 0 Å². The van der Waals surface area contributed by atoms with Crippen LogP contribution in [-0.2, 0) is 28.6 Å². The Morgan fingerprint density at radius 1 is 0.636 bits per heavy atom. The van der Waals surface area contributed by atoms with Gasteiger partial charge in [-0.05, 0) is 0 Å². The van der Waals surface area contributed by atoms with Gasteiger partial charge in [0.25, 0.3) is 0 Å². The zero-order valence-electron chi connectivity index (χ0n) is 32.9. The summed E-state index contributed by atoms with van der Waals surface area (Å²) in [5.41, 5.74) is 2.94. The van der Waals surface area contributed by atoms with E-state index in [0.717, 1.165) is 54.1 Å². The summed E-state index contributed by atoms with van der Waals surface area (Å²) < 4.78 is 38.9. The Balaban J connectivity index is 1.58. The second kappa shape index (κ2) is 22.7. The normalized spacial score (nSPS) is 19.8. The van der Waals surface area contributed by atoms with E-state index in [1.54, 1.807) is 24.3 Å². The maximum absolute atomic E-state index is 14.0. The van der Waals surface area contributed by atoms with Gasteiger partial charge in [0.05, 0.1) is 0 Å². The quantitative estimate of drug-likeness (QED) is 0.0609. The van der Waals surface area contributed by atoms with Crippen LogP contribution in [0.25, 0.3) is 0 Å². The fourth-order valence-electron chi connectivity index (χ4n) is 6.97. The summed E-state index contributed by atoms with van der Waals surface area (Å²) in [6.45, 7) is 9.43. The fourth-order valence-corrected chi connectivity index (χ4v) is 22.7. The number of ether oxygens (including phenoxy) is 4. The molecule has 55 heavy (non-hydrogen) atoms. The Hall–Kier alpha value is -2.98. The molecular weight excluding hydrogens is 862 g/mol. The van der Waals surface area contributed by atoms with Crippen molar-refractivity contribution in [3.63, 3.8) is 0 Å². The number of aryl methyl sites for hydroxylation is 1. The zero-order chi connectivity index (χ0) is 38.9. The van der Waals surface area contributed by atoms with Crippen LogP contribution >= 0.6 is 0 Å². The van der Waals surface area contributed by atoms with E-state index in [0.29, 0.717) is 17.7 Å². The number of carbonyl (C=O) groups is 2. The van der Waals surface area contributed by atoms with Crippen molar-refractivity contribution in [2.75, 3.05) is 6.61 Å². The van der Waals surface area contributed by atoms with Crippen LogP contribution in [0.2, 0.25) is 13.3 Å². The third kappa shape index (κ3) is 13.0. The topological polar surface area (TPSA) is 80.3 Å². The molecule has 1 heterocycles. The van der Waals surface area contributed by atoms with Crippen LogP contribution in [0.5, 0.6) is 0 Å². The first-order chi connectivity index (χ1) is 26.8. The Bertz CT molecular complexity index is 1690. The van der Waals surface area contributed by atoms with Gasteiger partial charge in [-0.2, -0.15) is 0 Å². The van der Waals surface area contributed by atoms with Gasteiger partial charge in [0, 0.05) is 0 Å². The van der Waals surface area contributed by atoms with Crippen LogP contribution in [-0.4, -0.2) is 81.7 Å². The molecule has 1 aliphatic heterocycles. The average molecular weight is 921 g/mol. The first-order valence-corrected chi connectivity index (χ1v) is 29.1. The van der Waals surface area contributed by atoms with Crippen LogP contribution in [0.15, 0.2) is 115 Å². The van der Waals surface area contributed by atoms with Gasteiger partial charge in [-0.3, -0.25) is 0 Å². The molecule has 9 heteroatoms. The van der Waals surface area contributed by atoms with Gasteiger partial charge in [0.15, 0.2) is 0 Å². The molecule has 1 aliphatic rings. The molecule has 294 valence electrons. The molecule has 4 aromatic rings. The third-order valence-corrected chi connectivity index (χ3v) is 25.6. The van der Waals surface area contributed by atoms with Crippen molar-refractivity contribution < 1.29 is 31.6 Å². The van der Waals surface area contributed by atoms with Crippen LogP contribution in [0.4, 0.5) is 0 Å². The van der Waals surface area contributed by atoms with E-state index in [-0.39, 0.29) is 21.6 Å². The van der Waals surface area contributed by atoms with Crippen molar-refractivity contribution in [2.24, 2.45) is 0 Å². The van der Waals surface area contributed by atoms with E-state index in [9.17, 15) is 9.59 Å². The van der Waals surface area contributed by atoms with Gasteiger partial charge in [-0.15, -0.1) is 0 Å². The van der Waals surface area contributed by atoms with E-state index in [1.165, 1.54) is 13.3 Å². The predicted octanol–water partition coefficient (Wildman–Crippen LogP) is 9.45. The van der Waals surface area contributed by atoms with E-state index in [1.807, 2.05) is 66.7 Å². The summed E-state index contributed by atoms with van der Waals surface area (Å²) in [5.74, 6) is -1.02. The number of esters is 2. The molecule has 5 atom stereocenters. The van der Waals surface area contributed by atoms with Gasteiger partial charge in [0.2, 0.25) is 0 Å². The minimum absolute atomic E-state index is 0.258. The molecule has 0 amide bonds. The summed E-state index contributed by atoms with van der Waals surface area (Å²) in [7, 11) is 0. The number of rotatable bonds is 21. The van der Waals surface area contributed by atoms with Crippen molar-refractivity contribution in [2.45, 2.75) is 116 Å². The van der Waals surface area contributed by atoms with Crippen molar-refractivity contribution in [1.29, 1.82) is 0 Å². The number of hydrogen-bond acceptors (Lipinski definition) is 7. The second-order valence-electron chi connectivity index (χ2n) is 14.5. The molecular formula is C46H58O7SeSn. The molecule has 0 saturated carbocycles. The molecule has 1 fully saturated rings. The Morgan fingerprint density at radius 2 is 1.13 bits per heavy atom. The van der Waals surface area contributed by atoms with Crippen molar-refractivity contribution >= 4 is 50.1 Å². The van der Waals surface area contributed by atoms with Gasteiger partial charge < -0.3 is 0 Å². The van der Waals surface area contributed by atoms with Crippen LogP contribution in [0.3, 0.4) is 0 Å². The summed E-state index contributed by atoms with van der Waals surface area (Å²) >= 11 is -3.47. The summed E-state index contributed by atoms with van der Waals surface area (Å²) in [6.07, 6.45) is 3.62. The average Bonchev–Trinajstić information content (AvgIpc) is 3.22. The van der Waals surface area contributed by atoms with E-state index in [2.05, 4.69) is 52.0 Å². The molecule has 0 aliphatic carbocycles. The third-order valence-electron chi connectivity index (χ3n) is 10.2. The standard InChI is InChI=1S/C34H31O7Se.3C4H9.Sn/c1-23-17-19-27(20-18-23)42-34-31(41-33(37)26-15-9-4-10-16-26)30(40-32(36)25-13-7-3-8-14-25)29(28(21-35)39-34)38-22-24-11-5-2-6-12-24;3*1-3-4-2;/h2-20,28-31,34H,21-22H2,1H3;3*1,3-4H2,2H3;/q-1;;;;+1/t28-,29-,30+,31-,34+;;;;/m1..../s1. The molecule has 4 aromatic carbocycles. The number of hydrogen-bond donors (Lipinski definition) is 0. The molecule has 7 nitrogen and oxygen atoms in total. The van der Waals surface area contributed by atoms with Crippen LogP contribution in [0.1, 0.15) is 91.1 Å². The van der Waals surface area contributed by atoms with Crippen molar-refractivity contribution in [3.05, 3.63) is 138 Å². The molecule has 0 spiro atoms. The first kappa shape index (κ1) is 43.1. The maximum atomic E-state index is 14.0. The zero-order valence-corrected chi connectivity index (χ0v) is 37.5. The SMILES string of the molecule is CCC[CH2][Sn]([CH2]CCC)([CH2]CCC)[O]C[C@H]1O[C@@H]([Se]c2ccc(C)cc2)[C@H](OC(=O)c2ccccc2)[C@@H](OC(=O)c2ccccc2)[C@@H]1OCc1ccccc1. The van der Waals surface area contributed by atoms with Gasteiger partial charge in [0.1, 0.15) is 0 Å². The Kier molecular flexibility index (Phi) is 17.8. The summed E-state index contributed by atoms with van der Waals surface area (Å²) in [4.78, 5) is 28.0. The second-order valence-corrected chi connectivity index (χ2v) is 28.8. The van der Waals surface area contributed by atoms with Crippen molar-refractivity contribution in [3.8, 4) is 0 Å². The van der Waals surface area contributed by atoms with Gasteiger partial charge in [-0.1, -0.05) is 0 Å². The molecule has 0 bridgehead atoms. The summed E-state index contributed by atoms with van der Waals surface area (Å²) in [6, 6.07) is 36.2. The van der Waals surface area contributed by atoms with Crippen LogP contribution < -0.4 is 4.46 Å². The number of carbonyl (C=O) groups excluding carboxylic acids is 2. The number of benzene rings is 4. The molecule has 0 unspecified atom stereocenters. The van der Waals surface area contributed by atoms with E-state index in [4.69, 9.17) is 22.0 Å². The molecule has 0 N–H and O–H groups in total. The van der Waals surface area contributed by atoms with Gasteiger partial charge >= 0.3 is 341 Å². The monoisotopic (exact) mass is 922 g/mol. The van der Waals surface area contributed by atoms with E-state index < -0.39 is 60.1 Å².